The van der Waals surface area contributed by atoms with Gasteiger partial charge in [-0.05, 0) is 55.9 Å². The fourth-order valence-electron chi connectivity index (χ4n) is 2.92. The van der Waals surface area contributed by atoms with Crippen molar-refractivity contribution >= 4 is 0 Å². The van der Waals surface area contributed by atoms with E-state index in [2.05, 4.69) is 29.2 Å². The zero-order valence-corrected chi connectivity index (χ0v) is 12.0. The maximum absolute atomic E-state index is 5.64. The van der Waals surface area contributed by atoms with Gasteiger partial charge in [-0.3, -0.25) is 4.90 Å². The Balaban J connectivity index is 1.88. The number of ether oxygens (including phenoxy) is 1. The Labute approximate surface area is 116 Å². The third-order valence-corrected chi connectivity index (χ3v) is 4.09. The first-order chi connectivity index (χ1) is 9.33. The maximum atomic E-state index is 5.64. The van der Waals surface area contributed by atoms with Crippen LogP contribution in [0.3, 0.4) is 0 Å². The van der Waals surface area contributed by atoms with Crippen molar-refractivity contribution in [1.82, 2.24) is 4.90 Å². The zero-order valence-electron chi connectivity index (χ0n) is 12.0. The van der Waals surface area contributed by atoms with E-state index in [1.165, 1.54) is 43.5 Å². The fourth-order valence-corrected chi connectivity index (χ4v) is 2.92. The molecule has 1 saturated heterocycles. The largest absolute Gasteiger partial charge is 0.380 e. The maximum Gasteiger partial charge on any atom is 0.0716 e. The van der Waals surface area contributed by atoms with Crippen molar-refractivity contribution in [2.75, 3.05) is 26.7 Å². The first kappa shape index (κ1) is 14.5. The van der Waals surface area contributed by atoms with Crippen LogP contribution in [0.1, 0.15) is 30.4 Å². The van der Waals surface area contributed by atoms with Gasteiger partial charge in [-0.15, -0.1) is 0 Å². The topological polar surface area (TPSA) is 38.5 Å². The molecule has 3 nitrogen and oxygen atoms in total. The second-order valence-electron chi connectivity index (χ2n) is 5.50. The quantitative estimate of drug-likeness (QED) is 0.855. The van der Waals surface area contributed by atoms with Crippen LogP contribution in [0.4, 0.5) is 0 Å². The van der Waals surface area contributed by atoms with E-state index in [0.29, 0.717) is 6.61 Å². The van der Waals surface area contributed by atoms with Crippen molar-refractivity contribution in [3.8, 4) is 0 Å². The van der Waals surface area contributed by atoms with Gasteiger partial charge >= 0.3 is 0 Å². The third kappa shape index (κ3) is 4.30. The molecule has 3 heteroatoms. The average Bonchev–Trinajstić information content (AvgIpc) is 2.44. The SMILES string of the molecule is COCc1ccccc1CN1CCC(CCN)CC1. The van der Waals surface area contributed by atoms with Crippen LogP contribution >= 0.6 is 0 Å². The Bertz CT molecular complexity index is 373. The Morgan fingerprint density at radius 2 is 1.89 bits per heavy atom. The number of rotatable bonds is 6. The molecule has 1 aliphatic rings. The molecule has 19 heavy (non-hydrogen) atoms. The first-order valence-corrected chi connectivity index (χ1v) is 7.31. The normalized spacial score (nSPS) is 17.8. The van der Waals surface area contributed by atoms with Crippen molar-refractivity contribution in [1.29, 1.82) is 0 Å². The van der Waals surface area contributed by atoms with Gasteiger partial charge in [0.05, 0.1) is 6.61 Å². The Morgan fingerprint density at radius 3 is 2.53 bits per heavy atom. The molecule has 0 amide bonds. The zero-order chi connectivity index (χ0) is 13.5. The predicted octanol–water partition coefficient (Wildman–Crippen LogP) is 2.39. The number of hydrogen-bond donors (Lipinski definition) is 1. The summed E-state index contributed by atoms with van der Waals surface area (Å²) in [5.41, 5.74) is 8.36. The highest BCUT2D eigenvalue weighted by atomic mass is 16.5. The van der Waals surface area contributed by atoms with Crippen LogP contribution in [-0.4, -0.2) is 31.6 Å². The molecular weight excluding hydrogens is 236 g/mol. The van der Waals surface area contributed by atoms with E-state index >= 15 is 0 Å². The van der Waals surface area contributed by atoms with Crippen LogP contribution in [0, 0.1) is 5.92 Å². The monoisotopic (exact) mass is 262 g/mol. The van der Waals surface area contributed by atoms with Crippen LogP contribution in [-0.2, 0) is 17.9 Å². The van der Waals surface area contributed by atoms with Gasteiger partial charge in [0.1, 0.15) is 0 Å². The summed E-state index contributed by atoms with van der Waals surface area (Å²) in [6, 6.07) is 8.60. The van der Waals surface area contributed by atoms with Crippen molar-refractivity contribution in [2.45, 2.75) is 32.4 Å². The second-order valence-corrected chi connectivity index (χ2v) is 5.50. The fraction of sp³-hybridized carbons (Fsp3) is 0.625. The molecule has 1 aliphatic heterocycles. The molecule has 0 unspecified atom stereocenters. The van der Waals surface area contributed by atoms with Crippen molar-refractivity contribution < 1.29 is 4.74 Å². The lowest BCUT2D eigenvalue weighted by molar-refractivity contribution is 0.166. The van der Waals surface area contributed by atoms with Crippen LogP contribution in [0.5, 0.6) is 0 Å². The van der Waals surface area contributed by atoms with Crippen molar-refractivity contribution in [3.05, 3.63) is 35.4 Å². The van der Waals surface area contributed by atoms with E-state index in [-0.39, 0.29) is 0 Å². The molecule has 0 aromatic heterocycles. The summed E-state index contributed by atoms with van der Waals surface area (Å²) in [6.07, 6.45) is 3.78. The highest BCUT2D eigenvalue weighted by molar-refractivity contribution is 5.26. The van der Waals surface area contributed by atoms with E-state index in [9.17, 15) is 0 Å². The summed E-state index contributed by atoms with van der Waals surface area (Å²) >= 11 is 0. The minimum absolute atomic E-state index is 0.708. The standard InChI is InChI=1S/C16H26N2O/c1-19-13-16-5-3-2-4-15(16)12-18-10-7-14(6-9-17)8-11-18/h2-5,14H,6-13,17H2,1H3. The number of benzene rings is 1. The van der Waals surface area contributed by atoms with Gasteiger partial charge in [0, 0.05) is 13.7 Å². The highest BCUT2D eigenvalue weighted by Crippen LogP contribution is 2.22. The molecule has 1 aromatic carbocycles. The summed E-state index contributed by atoms with van der Waals surface area (Å²) in [6.45, 7) is 4.99. The smallest absolute Gasteiger partial charge is 0.0716 e. The summed E-state index contributed by atoms with van der Waals surface area (Å²) in [5, 5.41) is 0. The van der Waals surface area contributed by atoms with Gasteiger partial charge < -0.3 is 10.5 Å². The molecule has 0 aliphatic carbocycles. The summed E-state index contributed by atoms with van der Waals surface area (Å²) in [5.74, 6) is 0.843. The van der Waals surface area contributed by atoms with E-state index < -0.39 is 0 Å². The summed E-state index contributed by atoms with van der Waals surface area (Å²) in [7, 11) is 1.76. The second kappa shape index (κ2) is 7.63. The molecule has 0 radical (unpaired) electrons. The minimum atomic E-state index is 0.708. The number of likely N-dealkylation sites (tertiary alicyclic amines) is 1. The average molecular weight is 262 g/mol. The van der Waals surface area contributed by atoms with Gasteiger partial charge in [0.15, 0.2) is 0 Å². The lowest BCUT2D eigenvalue weighted by atomic mass is 9.93. The number of piperidine rings is 1. The van der Waals surface area contributed by atoms with Gasteiger partial charge in [-0.1, -0.05) is 24.3 Å². The summed E-state index contributed by atoms with van der Waals surface area (Å²) < 4.78 is 5.27. The van der Waals surface area contributed by atoms with Crippen LogP contribution < -0.4 is 5.73 Å². The molecule has 106 valence electrons. The molecule has 2 N–H and O–H groups in total. The van der Waals surface area contributed by atoms with Gasteiger partial charge in [0.25, 0.3) is 0 Å². The van der Waals surface area contributed by atoms with E-state index in [4.69, 9.17) is 10.5 Å². The molecule has 2 rings (SSSR count). The number of hydrogen-bond acceptors (Lipinski definition) is 3. The van der Waals surface area contributed by atoms with Crippen molar-refractivity contribution in [3.63, 3.8) is 0 Å². The van der Waals surface area contributed by atoms with E-state index in [1.807, 2.05) is 0 Å². The highest BCUT2D eigenvalue weighted by Gasteiger charge is 2.19. The summed E-state index contributed by atoms with van der Waals surface area (Å²) in [4.78, 5) is 2.56. The predicted molar refractivity (Wildman–Crippen MR) is 78.8 cm³/mol. The number of nitrogens with zero attached hydrogens (tertiary/aromatic N) is 1. The Morgan fingerprint density at radius 1 is 1.21 bits per heavy atom. The number of nitrogens with two attached hydrogens (primary N) is 1. The number of methoxy groups -OCH3 is 1. The molecule has 0 bridgehead atoms. The molecule has 1 aromatic rings. The lowest BCUT2D eigenvalue weighted by Crippen LogP contribution is -2.34. The van der Waals surface area contributed by atoms with E-state index in [1.54, 1.807) is 7.11 Å². The molecule has 0 spiro atoms. The van der Waals surface area contributed by atoms with Crippen LogP contribution in [0.2, 0.25) is 0 Å². The molecule has 1 heterocycles. The molecule has 0 atom stereocenters. The molecule has 1 fully saturated rings. The van der Waals surface area contributed by atoms with Crippen LogP contribution in [0.25, 0.3) is 0 Å². The first-order valence-electron chi connectivity index (χ1n) is 7.31. The van der Waals surface area contributed by atoms with Crippen LogP contribution in [0.15, 0.2) is 24.3 Å². The lowest BCUT2D eigenvalue weighted by Gasteiger charge is -2.32. The van der Waals surface area contributed by atoms with Gasteiger partial charge in [-0.25, -0.2) is 0 Å². The van der Waals surface area contributed by atoms with Gasteiger partial charge in [0.2, 0.25) is 0 Å². The Hall–Kier alpha value is -0.900. The molecular formula is C16H26N2O. The van der Waals surface area contributed by atoms with E-state index in [0.717, 1.165) is 19.0 Å². The Kier molecular flexibility index (Phi) is 5.83. The van der Waals surface area contributed by atoms with Crippen molar-refractivity contribution in [2.24, 2.45) is 11.7 Å². The van der Waals surface area contributed by atoms with Gasteiger partial charge in [-0.2, -0.15) is 0 Å². The molecule has 0 saturated carbocycles. The minimum Gasteiger partial charge on any atom is -0.380 e. The third-order valence-electron chi connectivity index (χ3n) is 4.09.